The third-order valence-corrected chi connectivity index (χ3v) is 10.9. The first-order valence-electron chi connectivity index (χ1n) is 18.2. The standard InChI is InChI=1S/C8H14.C7H12.C7H10.3C6H14/c1-2-7-4-5-8(3-1)6-7;2*1-2-7-4-3-6(1)5-7;3*1-5-6(2,3)4/h7-8H,1-6H2;6-7H,1-5H2;1-2,6-7H,3-5H2;3*5H2,1-4H3. The Kier molecular flexibility index (Phi) is 17.4. The van der Waals surface area contributed by atoms with Crippen molar-refractivity contribution in [2.24, 2.45) is 51.8 Å². The molecule has 0 aromatic rings. The lowest BCUT2D eigenvalue weighted by Crippen LogP contribution is -2.03. The van der Waals surface area contributed by atoms with E-state index in [1.165, 1.54) is 56.8 Å². The Labute approximate surface area is 255 Å². The Morgan fingerprint density at radius 1 is 0.400 bits per heavy atom. The van der Waals surface area contributed by atoms with E-state index >= 15 is 0 Å². The highest BCUT2D eigenvalue weighted by atomic mass is 14.4. The molecule has 6 aliphatic rings. The molecule has 4 atom stereocenters. The van der Waals surface area contributed by atoms with Crippen LogP contribution in [0.3, 0.4) is 0 Å². The topological polar surface area (TPSA) is 0 Å². The summed E-state index contributed by atoms with van der Waals surface area (Å²) in [4.78, 5) is 0. The maximum Gasteiger partial charge on any atom is -0.0228 e. The maximum atomic E-state index is 2.38. The number of rotatable bonds is 0. The SMILES string of the molecule is C1=CC2CCC1C2.C1CC2CCC(C1)C2.C1CC2CCC1C2.CCC(C)(C)C.CCC(C)(C)C.CCC(C)(C)C. The van der Waals surface area contributed by atoms with Gasteiger partial charge in [-0.25, -0.2) is 0 Å². The van der Waals surface area contributed by atoms with Crippen molar-refractivity contribution >= 4 is 0 Å². The lowest BCUT2D eigenvalue weighted by atomic mass is 9.89. The van der Waals surface area contributed by atoms with E-state index in [0.29, 0.717) is 16.2 Å². The molecule has 238 valence electrons. The number of allylic oxidation sites excluding steroid dienone is 2. The molecule has 4 unspecified atom stereocenters. The molecule has 6 aliphatic carbocycles. The van der Waals surface area contributed by atoms with Crippen LogP contribution in [0.5, 0.6) is 0 Å². The van der Waals surface area contributed by atoms with E-state index < -0.39 is 0 Å². The number of fused-ring (bicyclic) bond motifs is 6. The summed E-state index contributed by atoms with van der Waals surface area (Å²) in [6.45, 7) is 26.8. The second-order valence-electron chi connectivity index (χ2n) is 18.1. The monoisotopic (exact) mass is 559 g/mol. The molecule has 0 saturated heterocycles. The minimum Gasteiger partial charge on any atom is -0.0851 e. The first kappa shape index (κ1) is 37.8. The van der Waals surface area contributed by atoms with Crippen molar-refractivity contribution < 1.29 is 0 Å². The van der Waals surface area contributed by atoms with Gasteiger partial charge in [-0.15, -0.1) is 0 Å². The van der Waals surface area contributed by atoms with Gasteiger partial charge in [0.25, 0.3) is 0 Å². The highest BCUT2D eigenvalue weighted by Crippen LogP contribution is 2.44. The van der Waals surface area contributed by atoms with Crippen LogP contribution in [0.25, 0.3) is 0 Å². The van der Waals surface area contributed by atoms with Gasteiger partial charge in [0.2, 0.25) is 0 Å². The number of hydrogen-bond donors (Lipinski definition) is 0. The zero-order chi connectivity index (χ0) is 30.4. The molecule has 0 aromatic carbocycles. The van der Waals surface area contributed by atoms with Gasteiger partial charge in [0.1, 0.15) is 0 Å². The van der Waals surface area contributed by atoms with Crippen molar-refractivity contribution in [3.8, 4) is 0 Å². The lowest BCUT2D eigenvalue weighted by molar-refractivity contribution is 0.359. The van der Waals surface area contributed by atoms with Crippen molar-refractivity contribution in [3.05, 3.63) is 12.2 Å². The van der Waals surface area contributed by atoms with E-state index in [1.807, 2.05) is 0 Å². The molecular formula is C40H78. The summed E-state index contributed by atoms with van der Waals surface area (Å²) < 4.78 is 0. The highest BCUT2D eigenvalue weighted by molar-refractivity contribution is 5.06. The number of hydrogen-bond acceptors (Lipinski definition) is 0. The molecule has 0 amide bonds. The van der Waals surface area contributed by atoms with E-state index in [9.17, 15) is 0 Å². The van der Waals surface area contributed by atoms with Crippen molar-refractivity contribution in [3.63, 3.8) is 0 Å². The van der Waals surface area contributed by atoms with Crippen LogP contribution in [0.1, 0.15) is 192 Å². The Morgan fingerprint density at radius 3 is 0.775 bits per heavy atom. The van der Waals surface area contributed by atoms with Crippen LogP contribution in [0.4, 0.5) is 0 Å². The lowest BCUT2D eigenvalue weighted by Gasteiger charge is -2.16. The van der Waals surface area contributed by atoms with Crippen LogP contribution >= 0.6 is 0 Å². The maximum absolute atomic E-state index is 2.38. The first-order chi connectivity index (χ1) is 18.5. The second kappa shape index (κ2) is 18.4. The molecule has 0 nitrogen and oxygen atoms in total. The van der Waals surface area contributed by atoms with E-state index in [0.717, 1.165) is 23.7 Å². The average Bonchev–Trinajstić information content (AvgIpc) is 3.74. The molecule has 0 heteroatoms. The molecule has 40 heavy (non-hydrogen) atoms. The molecule has 0 aromatic heterocycles. The Hall–Kier alpha value is -0.260. The van der Waals surface area contributed by atoms with Gasteiger partial charge in [0.05, 0.1) is 0 Å². The summed E-state index contributed by atoms with van der Waals surface area (Å²) in [7, 11) is 0. The summed E-state index contributed by atoms with van der Waals surface area (Å²) in [5.41, 5.74) is 1.63. The van der Waals surface area contributed by atoms with Crippen molar-refractivity contribution in [2.45, 2.75) is 192 Å². The molecule has 0 aliphatic heterocycles. The fourth-order valence-electron chi connectivity index (χ4n) is 6.29. The molecule has 6 rings (SSSR count). The average molecular weight is 559 g/mol. The zero-order valence-corrected chi connectivity index (χ0v) is 30.1. The summed E-state index contributed by atoms with van der Waals surface area (Å²) >= 11 is 0. The van der Waals surface area contributed by atoms with E-state index in [1.54, 1.807) is 64.2 Å². The summed E-state index contributed by atoms with van der Waals surface area (Å²) in [5, 5.41) is 0. The van der Waals surface area contributed by atoms with Gasteiger partial charge in [-0.2, -0.15) is 0 Å². The van der Waals surface area contributed by atoms with Crippen molar-refractivity contribution in [1.82, 2.24) is 0 Å². The molecule has 0 N–H and O–H groups in total. The van der Waals surface area contributed by atoms with Crippen LogP contribution in [0, 0.1) is 51.8 Å². The molecule has 0 spiro atoms. The van der Waals surface area contributed by atoms with Gasteiger partial charge >= 0.3 is 0 Å². The minimum atomic E-state index is 0.542. The zero-order valence-electron chi connectivity index (χ0n) is 30.1. The Bertz CT molecular complexity index is 570. The van der Waals surface area contributed by atoms with Crippen molar-refractivity contribution in [1.29, 1.82) is 0 Å². The quantitative estimate of drug-likeness (QED) is 0.259. The summed E-state index contributed by atoms with van der Waals surface area (Å²) in [6.07, 6.45) is 30.2. The third kappa shape index (κ3) is 19.0. The second-order valence-corrected chi connectivity index (χ2v) is 18.1. The van der Waals surface area contributed by atoms with Crippen LogP contribution in [-0.4, -0.2) is 0 Å². The van der Waals surface area contributed by atoms with Crippen LogP contribution in [-0.2, 0) is 0 Å². The van der Waals surface area contributed by atoms with Crippen molar-refractivity contribution in [2.75, 3.05) is 0 Å². The highest BCUT2D eigenvalue weighted by Gasteiger charge is 2.30. The van der Waals surface area contributed by atoms with Crippen LogP contribution in [0.2, 0.25) is 0 Å². The molecule has 0 heterocycles. The molecule has 5 saturated carbocycles. The fraction of sp³-hybridized carbons (Fsp3) is 0.950. The van der Waals surface area contributed by atoms with Gasteiger partial charge in [0, 0.05) is 0 Å². The van der Waals surface area contributed by atoms with Gasteiger partial charge in [0.15, 0.2) is 0 Å². The van der Waals surface area contributed by atoms with Gasteiger partial charge in [-0.3, -0.25) is 0 Å². The molecular weight excluding hydrogens is 480 g/mol. The first-order valence-corrected chi connectivity index (χ1v) is 18.2. The van der Waals surface area contributed by atoms with Gasteiger partial charge < -0.3 is 0 Å². The fourth-order valence-corrected chi connectivity index (χ4v) is 6.29. The summed E-state index contributed by atoms with van der Waals surface area (Å²) in [6, 6.07) is 0. The molecule has 5 fully saturated rings. The van der Waals surface area contributed by atoms with Crippen LogP contribution < -0.4 is 0 Å². The summed E-state index contributed by atoms with van der Waals surface area (Å²) in [5.74, 6) is 6.65. The largest absolute Gasteiger partial charge is 0.0851 e. The minimum absolute atomic E-state index is 0.542. The molecule has 0 radical (unpaired) electrons. The predicted molar refractivity (Wildman–Crippen MR) is 184 cm³/mol. The van der Waals surface area contributed by atoms with Gasteiger partial charge in [-0.1, -0.05) is 172 Å². The predicted octanol–water partition coefficient (Wildman–Crippen LogP) is 14.1. The van der Waals surface area contributed by atoms with E-state index in [-0.39, 0.29) is 0 Å². The third-order valence-electron chi connectivity index (χ3n) is 10.9. The normalized spacial score (nSPS) is 30.8. The van der Waals surface area contributed by atoms with E-state index in [2.05, 4.69) is 95.2 Å². The smallest absolute Gasteiger partial charge is 0.0228 e. The Morgan fingerprint density at radius 2 is 0.650 bits per heavy atom. The van der Waals surface area contributed by atoms with Crippen LogP contribution in [0.15, 0.2) is 12.2 Å². The molecule has 6 bridgehead atoms. The van der Waals surface area contributed by atoms with E-state index in [4.69, 9.17) is 0 Å². The Balaban J connectivity index is 0.000000241. The van der Waals surface area contributed by atoms with Gasteiger partial charge in [-0.05, 0) is 83.9 Å².